The van der Waals surface area contributed by atoms with Crippen molar-refractivity contribution in [3.05, 3.63) is 95.1 Å². The molecule has 33 heavy (non-hydrogen) atoms. The van der Waals surface area contributed by atoms with Gasteiger partial charge in [0.05, 0.1) is 5.92 Å². The molecule has 5 heteroatoms. The summed E-state index contributed by atoms with van der Waals surface area (Å²) in [6.07, 6.45) is 0.481. The zero-order valence-electron chi connectivity index (χ0n) is 18.6. The summed E-state index contributed by atoms with van der Waals surface area (Å²) in [5.41, 5.74) is 6.83. The summed E-state index contributed by atoms with van der Waals surface area (Å²) < 4.78 is 5.77. The van der Waals surface area contributed by atoms with Gasteiger partial charge in [0.25, 0.3) is 0 Å². The SMILES string of the molecule is CCc1ccc([C@@H]2CN(C(=O)OCC3c4ccccc4-c4ccccc43)C[C@H]2C(=O)O)cc1. The van der Waals surface area contributed by atoms with E-state index in [1.807, 2.05) is 48.5 Å². The molecule has 1 aliphatic heterocycles. The van der Waals surface area contributed by atoms with Crippen LogP contribution in [-0.2, 0) is 16.0 Å². The molecule has 0 unspecified atom stereocenters. The number of carbonyl (C=O) groups excluding carboxylic acids is 1. The zero-order valence-corrected chi connectivity index (χ0v) is 18.6. The number of aliphatic carboxylic acids is 1. The summed E-state index contributed by atoms with van der Waals surface area (Å²) in [7, 11) is 0. The van der Waals surface area contributed by atoms with Gasteiger partial charge < -0.3 is 14.7 Å². The van der Waals surface area contributed by atoms with Crippen LogP contribution in [0, 0.1) is 5.92 Å². The molecule has 2 aliphatic rings. The quantitative estimate of drug-likeness (QED) is 0.584. The fourth-order valence-corrected chi connectivity index (χ4v) is 5.23. The number of fused-ring (bicyclic) bond motifs is 3. The number of carboxylic acid groups (broad SMARTS) is 1. The Morgan fingerprint density at radius 3 is 2.09 bits per heavy atom. The first-order valence-corrected chi connectivity index (χ1v) is 11.5. The van der Waals surface area contributed by atoms with Crippen LogP contribution in [0.2, 0.25) is 0 Å². The number of likely N-dealkylation sites (tertiary alicyclic amines) is 1. The molecule has 1 amide bonds. The number of hydrogen-bond acceptors (Lipinski definition) is 3. The molecule has 3 aromatic rings. The van der Waals surface area contributed by atoms with E-state index in [9.17, 15) is 14.7 Å². The number of hydrogen-bond donors (Lipinski definition) is 1. The average Bonchev–Trinajstić information content (AvgIpc) is 3.43. The van der Waals surface area contributed by atoms with E-state index in [-0.39, 0.29) is 25.0 Å². The van der Waals surface area contributed by atoms with Gasteiger partial charge in [-0.1, -0.05) is 79.7 Å². The number of benzene rings is 3. The number of carboxylic acids is 1. The summed E-state index contributed by atoms with van der Waals surface area (Å²) in [5.74, 6) is -1.78. The Morgan fingerprint density at radius 1 is 0.909 bits per heavy atom. The van der Waals surface area contributed by atoms with E-state index >= 15 is 0 Å². The van der Waals surface area contributed by atoms with Gasteiger partial charge >= 0.3 is 12.1 Å². The van der Waals surface area contributed by atoms with Gasteiger partial charge in [-0.2, -0.15) is 0 Å². The first-order valence-electron chi connectivity index (χ1n) is 11.5. The van der Waals surface area contributed by atoms with Gasteiger partial charge in [0.15, 0.2) is 0 Å². The summed E-state index contributed by atoms with van der Waals surface area (Å²) in [5, 5.41) is 9.79. The van der Waals surface area contributed by atoms with Gasteiger partial charge in [-0.25, -0.2) is 4.79 Å². The monoisotopic (exact) mass is 441 g/mol. The van der Waals surface area contributed by atoms with Crippen LogP contribution < -0.4 is 0 Å². The molecule has 0 spiro atoms. The van der Waals surface area contributed by atoms with Crippen LogP contribution in [-0.4, -0.2) is 41.8 Å². The van der Waals surface area contributed by atoms with Crippen molar-refractivity contribution < 1.29 is 19.4 Å². The normalized spacial score (nSPS) is 19.2. The smallest absolute Gasteiger partial charge is 0.409 e. The van der Waals surface area contributed by atoms with Crippen molar-refractivity contribution in [1.29, 1.82) is 0 Å². The van der Waals surface area contributed by atoms with Crippen LogP contribution in [0.25, 0.3) is 11.1 Å². The lowest BCUT2D eigenvalue weighted by Gasteiger charge is -2.19. The second-order valence-electron chi connectivity index (χ2n) is 8.86. The molecule has 0 radical (unpaired) electrons. The van der Waals surface area contributed by atoms with E-state index in [0.717, 1.165) is 23.1 Å². The van der Waals surface area contributed by atoms with Gasteiger partial charge in [-0.05, 0) is 39.8 Å². The zero-order chi connectivity index (χ0) is 22.9. The number of nitrogens with zero attached hydrogens (tertiary/aromatic N) is 1. The molecular weight excluding hydrogens is 414 g/mol. The van der Waals surface area contributed by atoms with Crippen molar-refractivity contribution in [3.63, 3.8) is 0 Å². The van der Waals surface area contributed by atoms with Crippen LogP contribution in [0.3, 0.4) is 0 Å². The van der Waals surface area contributed by atoms with E-state index in [0.29, 0.717) is 6.54 Å². The third kappa shape index (κ3) is 3.88. The van der Waals surface area contributed by atoms with Crippen molar-refractivity contribution in [1.82, 2.24) is 4.90 Å². The van der Waals surface area contributed by atoms with E-state index in [1.54, 1.807) is 4.90 Å². The van der Waals surface area contributed by atoms with Crippen LogP contribution in [0.1, 0.15) is 41.0 Å². The molecule has 1 fully saturated rings. The first kappa shape index (κ1) is 21.3. The molecule has 1 saturated heterocycles. The Bertz CT molecular complexity index is 1140. The first-order chi connectivity index (χ1) is 16.1. The Kier molecular flexibility index (Phi) is 5.63. The molecule has 1 N–H and O–H groups in total. The minimum Gasteiger partial charge on any atom is -0.481 e. The largest absolute Gasteiger partial charge is 0.481 e. The Hall–Kier alpha value is -3.60. The number of aryl methyl sites for hydroxylation is 1. The molecule has 2 atom stereocenters. The lowest BCUT2D eigenvalue weighted by atomic mass is 9.88. The average molecular weight is 442 g/mol. The Balaban J connectivity index is 1.31. The number of ether oxygens (including phenoxy) is 1. The predicted octanol–water partition coefficient (Wildman–Crippen LogP) is 5.30. The van der Waals surface area contributed by atoms with Crippen molar-refractivity contribution in [2.45, 2.75) is 25.2 Å². The fourth-order valence-electron chi connectivity index (χ4n) is 5.23. The van der Waals surface area contributed by atoms with Gasteiger partial charge in [-0.3, -0.25) is 4.79 Å². The maximum atomic E-state index is 13.0. The minimum atomic E-state index is -0.881. The Labute approximate surface area is 193 Å². The van der Waals surface area contributed by atoms with Crippen molar-refractivity contribution >= 4 is 12.1 Å². The molecule has 0 aromatic heterocycles. The van der Waals surface area contributed by atoms with Crippen molar-refractivity contribution in [2.75, 3.05) is 19.7 Å². The van der Waals surface area contributed by atoms with Crippen molar-refractivity contribution in [3.8, 4) is 11.1 Å². The minimum absolute atomic E-state index is 0.0170. The standard InChI is InChI=1S/C28H27NO4/c1-2-18-11-13-19(14-12-18)24-15-29(16-25(24)27(30)31)28(32)33-17-26-22-9-5-3-7-20(22)21-8-4-6-10-23(21)26/h3-14,24-26H,2,15-17H2,1H3,(H,30,31)/t24-,25+/m0/s1. The molecule has 1 aliphatic carbocycles. The summed E-state index contributed by atoms with van der Waals surface area (Å²) in [4.78, 5) is 26.5. The van der Waals surface area contributed by atoms with E-state index in [2.05, 4.69) is 31.2 Å². The number of amides is 1. The molecule has 3 aromatic carbocycles. The highest BCUT2D eigenvalue weighted by Crippen LogP contribution is 2.44. The second-order valence-corrected chi connectivity index (χ2v) is 8.86. The molecule has 0 bridgehead atoms. The summed E-state index contributed by atoms with van der Waals surface area (Å²) >= 11 is 0. The topological polar surface area (TPSA) is 66.8 Å². The lowest BCUT2D eigenvalue weighted by Crippen LogP contribution is -2.31. The van der Waals surface area contributed by atoms with Crippen LogP contribution >= 0.6 is 0 Å². The van der Waals surface area contributed by atoms with Gasteiger partial charge in [0.2, 0.25) is 0 Å². The van der Waals surface area contributed by atoms with Crippen LogP contribution in [0.15, 0.2) is 72.8 Å². The molecule has 1 heterocycles. The van der Waals surface area contributed by atoms with Gasteiger partial charge in [0, 0.05) is 24.9 Å². The highest BCUT2D eigenvalue weighted by molar-refractivity contribution is 5.79. The number of rotatable bonds is 5. The summed E-state index contributed by atoms with van der Waals surface area (Å²) in [6.45, 7) is 2.83. The maximum Gasteiger partial charge on any atom is 0.409 e. The van der Waals surface area contributed by atoms with Gasteiger partial charge in [0.1, 0.15) is 6.61 Å². The molecule has 168 valence electrons. The number of carbonyl (C=O) groups is 2. The molecule has 5 nitrogen and oxygen atoms in total. The third-order valence-electron chi connectivity index (χ3n) is 7.05. The third-order valence-corrected chi connectivity index (χ3v) is 7.05. The van der Waals surface area contributed by atoms with E-state index in [1.165, 1.54) is 16.7 Å². The molecule has 0 saturated carbocycles. The lowest BCUT2D eigenvalue weighted by molar-refractivity contribution is -0.141. The van der Waals surface area contributed by atoms with Crippen LogP contribution in [0.5, 0.6) is 0 Å². The van der Waals surface area contributed by atoms with Crippen molar-refractivity contribution in [2.24, 2.45) is 5.92 Å². The van der Waals surface area contributed by atoms with E-state index < -0.39 is 18.0 Å². The fraction of sp³-hybridized carbons (Fsp3) is 0.286. The highest BCUT2D eigenvalue weighted by atomic mass is 16.6. The molecule has 5 rings (SSSR count). The summed E-state index contributed by atoms with van der Waals surface area (Å²) in [6, 6.07) is 24.5. The maximum absolute atomic E-state index is 13.0. The highest BCUT2D eigenvalue weighted by Gasteiger charge is 2.41. The molecular formula is C28H27NO4. The van der Waals surface area contributed by atoms with Crippen LogP contribution in [0.4, 0.5) is 4.79 Å². The second kappa shape index (κ2) is 8.74. The van der Waals surface area contributed by atoms with E-state index in [4.69, 9.17) is 4.74 Å². The predicted molar refractivity (Wildman–Crippen MR) is 126 cm³/mol. The van der Waals surface area contributed by atoms with Gasteiger partial charge in [-0.15, -0.1) is 0 Å². The Morgan fingerprint density at radius 2 is 1.52 bits per heavy atom.